The molecule has 13 heavy (non-hydrogen) atoms. The van der Waals surface area contributed by atoms with Gasteiger partial charge in [0.05, 0.1) is 18.8 Å². The van der Waals surface area contributed by atoms with Gasteiger partial charge in [0.25, 0.3) is 0 Å². The Balaban J connectivity index is 2.47. The van der Waals surface area contributed by atoms with Crippen molar-refractivity contribution in [3.05, 3.63) is 0 Å². The van der Waals surface area contributed by atoms with Crippen molar-refractivity contribution in [2.75, 3.05) is 20.8 Å². The quantitative estimate of drug-likeness (QED) is 0.699. The Morgan fingerprint density at radius 2 is 2.15 bits per heavy atom. The minimum absolute atomic E-state index is 0.0260. The summed E-state index contributed by atoms with van der Waals surface area (Å²) in [6, 6.07) is 0. The Hall–Kier alpha value is -0.160. The fourth-order valence-electron chi connectivity index (χ4n) is 1.64. The first kappa shape index (κ1) is 10.9. The van der Waals surface area contributed by atoms with Crippen LogP contribution < -0.4 is 0 Å². The molecule has 1 aliphatic heterocycles. The van der Waals surface area contributed by atoms with Gasteiger partial charge in [-0.2, -0.15) is 0 Å². The number of ether oxygens (including phenoxy) is 3. The zero-order valence-corrected chi connectivity index (χ0v) is 8.40. The first-order chi connectivity index (χ1) is 6.19. The molecular formula is C9H18O4. The van der Waals surface area contributed by atoms with Crippen molar-refractivity contribution in [3.8, 4) is 0 Å². The largest absolute Gasteiger partial charge is 0.382 e. The van der Waals surface area contributed by atoms with Crippen LogP contribution >= 0.6 is 0 Å². The first-order valence-electron chi connectivity index (χ1n) is 4.54. The highest BCUT2D eigenvalue weighted by Gasteiger charge is 2.34. The van der Waals surface area contributed by atoms with Gasteiger partial charge in [-0.25, -0.2) is 0 Å². The Bertz CT molecular complexity index is 151. The molecule has 1 unspecified atom stereocenters. The molecule has 1 fully saturated rings. The molecule has 0 spiro atoms. The van der Waals surface area contributed by atoms with Gasteiger partial charge in [0.2, 0.25) is 0 Å². The molecule has 78 valence electrons. The van der Waals surface area contributed by atoms with Gasteiger partial charge in [-0.3, -0.25) is 0 Å². The van der Waals surface area contributed by atoms with Crippen molar-refractivity contribution in [3.63, 3.8) is 0 Å². The summed E-state index contributed by atoms with van der Waals surface area (Å²) in [6.07, 6.45) is 0.0478. The number of hydrogen-bond acceptors (Lipinski definition) is 4. The van der Waals surface area contributed by atoms with Crippen LogP contribution in [0.2, 0.25) is 0 Å². The van der Waals surface area contributed by atoms with E-state index in [9.17, 15) is 5.11 Å². The van der Waals surface area contributed by atoms with Crippen LogP contribution in [-0.4, -0.2) is 44.4 Å². The maximum absolute atomic E-state index is 9.52. The fourth-order valence-corrected chi connectivity index (χ4v) is 1.64. The summed E-state index contributed by atoms with van der Waals surface area (Å²) in [6.45, 7) is 2.42. The number of rotatable bonds is 3. The van der Waals surface area contributed by atoms with Gasteiger partial charge in [0.1, 0.15) is 0 Å². The molecule has 4 atom stereocenters. The Morgan fingerprint density at radius 1 is 1.46 bits per heavy atom. The summed E-state index contributed by atoms with van der Waals surface area (Å²) < 4.78 is 15.5. The molecular weight excluding hydrogens is 172 g/mol. The van der Waals surface area contributed by atoms with Gasteiger partial charge in [-0.05, 0) is 0 Å². The van der Waals surface area contributed by atoms with Crippen LogP contribution in [0, 0.1) is 5.92 Å². The normalized spacial score (nSPS) is 40.6. The second-order valence-corrected chi connectivity index (χ2v) is 3.47. The van der Waals surface area contributed by atoms with Crippen molar-refractivity contribution in [1.82, 2.24) is 0 Å². The standard InChI is InChI=1S/C9H18O4/c1-6-8(12-3)4-7(5-11-2)13-9(6)10/h6-10H,4-5H2,1-3H3/t6-,7+,8+,9?/m1/s1. The zero-order chi connectivity index (χ0) is 9.84. The van der Waals surface area contributed by atoms with Crippen molar-refractivity contribution < 1.29 is 19.3 Å². The monoisotopic (exact) mass is 190 g/mol. The summed E-state index contributed by atoms with van der Waals surface area (Å²) in [5.41, 5.74) is 0. The lowest BCUT2D eigenvalue weighted by molar-refractivity contribution is -0.232. The lowest BCUT2D eigenvalue weighted by Crippen LogP contribution is -2.45. The Morgan fingerprint density at radius 3 is 2.69 bits per heavy atom. The Labute approximate surface area is 78.8 Å². The second-order valence-electron chi connectivity index (χ2n) is 3.47. The molecule has 1 saturated heterocycles. The van der Waals surface area contributed by atoms with E-state index >= 15 is 0 Å². The lowest BCUT2D eigenvalue weighted by Gasteiger charge is -2.36. The third kappa shape index (κ3) is 2.64. The van der Waals surface area contributed by atoms with Crippen LogP contribution in [0.5, 0.6) is 0 Å². The minimum Gasteiger partial charge on any atom is -0.382 e. The van der Waals surface area contributed by atoms with Crippen molar-refractivity contribution >= 4 is 0 Å². The van der Waals surface area contributed by atoms with Crippen LogP contribution in [0.4, 0.5) is 0 Å². The van der Waals surface area contributed by atoms with E-state index in [1.807, 2.05) is 6.92 Å². The molecule has 0 saturated carbocycles. The van der Waals surface area contributed by atoms with Gasteiger partial charge < -0.3 is 19.3 Å². The molecule has 4 nitrogen and oxygen atoms in total. The average Bonchev–Trinajstić information content (AvgIpc) is 2.11. The summed E-state index contributed by atoms with van der Waals surface area (Å²) in [5, 5.41) is 9.52. The molecule has 1 rings (SSSR count). The molecule has 1 heterocycles. The van der Waals surface area contributed by atoms with Crippen LogP contribution in [0.3, 0.4) is 0 Å². The molecule has 0 radical (unpaired) electrons. The third-order valence-electron chi connectivity index (χ3n) is 2.52. The molecule has 1 aliphatic rings. The minimum atomic E-state index is -0.737. The highest BCUT2D eigenvalue weighted by Crippen LogP contribution is 2.25. The molecule has 0 bridgehead atoms. The maximum atomic E-state index is 9.52. The maximum Gasteiger partial charge on any atom is 0.160 e. The Kier molecular flexibility index (Phi) is 4.12. The van der Waals surface area contributed by atoms with E-state index in [-0.39, 0.29) is 18.1 Å². The van der Waals surface area contributed by atoms with E-state index in [1.54, 1.807) is 14.2 Å². The molecule has 4 heteroatoms. The van der Waals surface area contributed by atoms with Crippen LogP contribution in [0.1, 0.15) is 13.3 Å². The van der Waals surface area contributed by atoms with Gasteiger partial charge in [-0.1, -0.05) is 6.92 Å². The van der Waals surface area contributed by atoms with E-state index in [0.717, 1.165) is 6.42 Å². The summed E-state index contributed by atoms with van der Waals surface area (Å²) >= 11 is 0. The molecule has 0 aromatic heterocycles. The predicted molar refractivity (Wildman–Crippen MR) is 47.3 cm³/mol. The molecule has 0 aromatic carbocycles. The van der Waals surface area contributed by atoms with Gasteiger partial charge in [0.15, 0.2) is 6.29 Å². The zero-order valence-electron chi connectivity index (χ0n) is 8.40. The highest BCUT2D eigenvalue weighted by molar-refractivity contribution is 4.79. The third-order valence-corrected chi connectivity index (χ3v) is 2.52. The van der Waals surface area contributed by atoms with Crippen LogP contribution in [0.25, 0.3) is 0 Å². The van der Waals surface area contributed by atoms with Crippen molar-refractivity contribution in [2.45, 2.75) is 31.8 Å². The number of methoxy groups -OCH3 is 2. The SMILES string of the molecule is COC[C@@H]1C[C@H](OC)[C@@H](C)C(O)O1. The van der Waals surface area contributed by atoms with Gasteiger partial charge in [0, 0.05) is 26.6 Å². The summed E-state index contributed by atoms with van der Waals surface area (Å²) in [5.74, 6) is 0.0260. The number of aliphatic hydroxyl groups is 1. The number of aliphatic hydroxyl groups excluding tert-OH is 1. The van der Waals surface area contributed by atoms with Crippen LogP contribution in [0.15, 0.2) is 0 Å². The smallest absolute Gasteiger partial charge is 0.160 e. The molecule has 0 aliphatic carbocycles. The average molecular weight is 190 g/mol. The van der Waals surface area contributed by atoms with E-state index in [2.05, 4.69) is 0 Å². The second kappa shape index (κ2) is 4.91. The predicted octanol–water partition coefficient (Wildman–Crippen LogP) is 0.391. The molecule has 1 N–H and O–H groups in total. The fraction of sp³-hybridized carbons (Fsp3) is 1.00. The van der Waals surface area contributed by atoms with E-state index < -0.39 is 6.29 Å². The van der Waals surface area contributed by atoms with Crippen molar-refractivity contribution in [2.24, 2.45) is 5.92 Å². The van der Waals surface area contributed by atoms with Gasteiger partial charge in [-0.15, -0.1) is 0 Å². The highest BCUT2D eigenvalue weighted by atomic mass is 16.6. The van der Waals surface area contributed by atoms with E-state index in [0.29, 0.717) is 6.61 Å². The van der Waals surface area contributed by atoms with Gasteiger partial charge >= 0.3 is 0 Å². The lowest BCUT2D eigenvalue weighted by atomic mass is 9.95. The van der Waals surface area contributed by atoms with E-state index in [1.165, 1.54) is 0 Å². The summed E-state index contributed by atoms with van der Waals surface area (Å²) in [4.78, 5) is 0. The molecule has 0 aromatic rings. The summed E-state index contributed by atoms with van der Waals surface area (Å²) in [7, 11) is 3.28. The topological polar surface area (TPSA) is 47.9 Å². The number of hydrogen-bond donors (Lipinski definition) is 1. The first-order valence-corrected chi connectivity index (χ1v) is 4.54. The van der Waals surface area contributed by atoms with Crippen molar-refractivity contribution in [1.29, 1.82) is 0 Å². The van der Waals surface area contributed by atoms with E-state index in [4.69, 9.17) is 14.2 Å². The van der Waals surface area contributed by atoms with Crippen LogP contribution in [-0.2, 0) is 14.2 Å². The molecule has 0 amide bonds.